The highest BCUT2D eigenvalue weighted by molar-refractivity contribution is 7.15. The maximum atomic E-state index is 5.81. The number of hydrogen-bond acceptors (Lipinski definition) is 5. The minimum absolute atomic E-state index is 0.580. The van der Waals surface area contributed by atoms with E-state index in [0.29, 0.717) is 4.47 Å². The lowest BCUT2D eigenvalue weighted by atomic mass is 10.1. The van der Waals surface area contributed by atoms with Crippen molar-refractivity contribution in [3.05, 3.63) is 50.2 Å². The molecule has 1 N–H and O–H groups in total. The predicted molar refractivity (Wildman–Crippen MR) is 86.7 cm³/mol. The highest BCUT2D eigenvalue weighted by Gasteiger charge is 2.03. The van der Waals surface area contributed by atoms with Gasteiger partial charge in [-0.2, -0.15) is 0 Å². The molecule has 0 aliphatic heterocycles. The molecule has 2 aromatic heterocycles. The first kappa shape index (κ1) is 13.5. The molecular weight excluding hydrogens is 310 g/mol. The zero-order valence-corrected chi connectivity index (χ0v) is 13.1. The summed E-state index contributed by atoms with van der Waals surface area (Å²) in [5.41, 5.74) is 3.25. The van der Waals surface area contributed by atoms with Crippen molar-refractivity contribution in [3.8, 4) is 11.3 Å². The molecule has 0 spiro atoms. The van der Waals surface area contributed by atoms with Gasteiger partial charge in [-0.15, -0.1) is 22.7 Å². The SMILES string of the molecule is Cc1nc(-c2ccc(NCc3cnc(Cl)s3)cc2)cs1. The van der Waals surface area contributed by atoms with Crippen LogP contribution in [0, 0.1) is 6.92 Å². The van der Waals surface area contributed by atoms with Crippen LogP contribution in [0.25, 0.3) is 11.3 Å². The fourth-order valence-electron chi connectivity index (χ4n) is 1.81. The largest absolute Gasteiger partial charge is 0.380 e. The molecule has 0 amide bonds. The number of nitrogens with one attached hydrogen (secondary N) is 1. The Morgan fingerprint density at radius 2 is 2.05 bits per heavy atom. The molecular formula is C14H12ClN3S2. The number of hydrogen-bond donors (Lipinski definition) is 1. The summed E-state index contributed by atoms with van der Waals surface area (Å²) in [7, 11) is 0. The number of aromatic nitrogens is 2. The molecule has 20 heavy (non-hydrogen) atoms. The lowest BCUT2D eigenvalue weighted by Gasteiger charge is -2.05. The number of benzene rings is 1. The zero-order chi connectivity index (χ0) is 13.9. The van der Waals surface area contributed by atoms with E-state index in [2.05, 4.69) is 44.9 Å². The van der Waals surface area contributed by atoms with Gasteiger partial charge in [0.2, 0.25) is 0 Å². The molecule has 0 fully saturated rings. The molecule has 0 aliphatic rings. The van der Waals surface area contributed by atoms with Gasteiger partial charge in [-0.05, 0) is 19.1 Å². The van der Waals surface area contributed by atoms with Crippen LogP contribution in [0.5, 0.6) is 0 Å². The van der Waals surface area contributed by atoms with Crippen LogP contribution in [-0.4, -0.2) is 9.97 Å². The van der Waals surface area contributed by atoms with E-state index >= 15 is 0 Å². The normalized spacial score (nSPS) is 10.7. The molecule has 0 unspecified atom stereocenters. The van der Waals surface area contributed by atoms with E-state index in [4.69, 9.17) is 11.6 Å². The average Bonchev–Trinajstić information content (AvgIpc) is 3.06. The van der Waals surface area contributed by atoms with E-state index in [9.17, 15) is 0 Å². The summed E-state index contributed by atoms with van der Waals surface area (Å²) in [4.78, 5) is 9.63. The summed E-state index contributed by atoms with van der Waals surface area (Å²) in [6.07, 6.45) is 1.80. The van der Waals surface area contributed by atoms with Gasteiger partial charge in [0.15, 0.2) is 4.47 Å². The first-order valence-electron chi connectivity index (χ1n) is 6.07. The molecule has 6 heteroatoms. The van der Waals surface area contributed by atoms with Gasteiger partial charge < -0.3 is 5.32 Å². The van der Waals surface area contributed by atoms with E-state index in [0.717, 1.165) is 33.4 Å². The van der Waals surface area contributed by atoms with E-state index in [1.165, 1.54) is 11.3 Å². The van der Waals surface area contributed by atoms with Crippen molar-refractivity contribution < 1.29 is 0 Å². The molecule has 1 aromatic carbocycles. The molecule has 3 rings (SSSR count). The zero-order valence-electron chi connectivity index (χ0n) is 10.8. The quantitative estimate of drug-likeness (QED) is 0.747. The van der Waals surface area contributed by atoms with Gasteiger partial charge in [0.25, 0.3) is 0 Å². The van der Waals surface area contributed by atoms with Crippen LogP contribution in [0.1, 0.15) is 9.88 Å². The summed E-state index contributed by atoms with van der Waals surface area (Å²) in [5, 5.41) is 6.52. The van der Waals surface area contributed by atoms with Crippen molar-refractivity contribution in [1.29, 1.82) is 0 Å². The molecule has 0 saturated carbocycles. The Balaban J connectivity index is 1.67. The number of nitrogens with zero attached hydrogens (tertiary/aromatic N) is 2. The van der Waals surface area contributed by atoms with Crippen molar-refractivity contribution in [2.24, 2.45) is 0 Å². The second-order valence-electron chi connectivity index (χ2n) is 4.26. The minimum Gasteiger partial charge on any atom is -0.380 e. The van der Waals surface area contributed by atoms with Crippen LogP contribution >= 0.6 is 34.3 Å². The standard InChI is InChI=1S/C14H12ClN3S2/c1-9-18-13(8-19-9)10-2-4-11(5-3-10)16-6-12-7-17-14(15)20-12/h2-5,7-8,16H,6H2,1H3. The van der Waals surface area contributed by atoms with Gasteiger partial charge >= 0.3 is 0 Å². The summed E-state index contributed by atoms with van der Waals surface area (Å²) in [5.74, 6) is 0. The van der Waals surface area contributed by atoms with Crippen LogP contribution in [0.4, 0.5) is 5.69 Å². The molecule has 2 heterocycles. The topological polar surface area (TPSA) is 37.8 Å². The third-order valence-electron chi connectivity index (χ3n) is 2.79. The minimum atomic E-state index is 0.580. The molecule has 3 nitrogen and oxygen atoms in total. The second kappa shape index (κ2) is 5.91. The third kappa shape index (κ3) is 3.17. The molecule has 102 valence electrons. The van der Waals surface area contributed by atoms with Crippen molar-refractivity contribution >= 4 is 40.0 Å². The molecule has 0 atom stereocenters. The van der Waals surface area contributed by atoms with Crippen LogP contribution in [0.15, 0.2) is 35.8 Å². The van der Waals surface area contributed by atoms with Crippen molar-refractivity contribution in [2.75, 3.05) is 5.32 Å². The van der Waals surface area contributed by atoms with Gasteiger partial charge in [0.05, 0.1) is 17.2 Å². The molecule has 3 aromatic rings. The van der Waals surface area contributed by atoms with Gasteiger partial charge in [-0.25, -0.2) is 9.97 Å². The van der Waals surface area contributed by atoms with E-state index < -0.39 is 0 Å². The Bertz CT molecular complexity index is 703. The van der Waals surface area contributed by atoms with Crippen molar-refractivity contribution in [3.63, 3.8) is 0 Å². The van der Waals surface area contributed by atoms with Crippen LogP contribution in [0.3, 0.4) is 0 Å². The Labute approximate surface area is 130 Å². The van der Waals surface area contributed by atoms with E-state index in [1.807, 2.05) is 6.92 Å². The Hall–Kier alpha value is -1.43. The van der Waals surface area contributed by atoms with Gasteiger partial charge in [-0.3, -0.25) is 0 Å². The lowest BCUT2D eigenvalue weighted by molar-refractivity contribution is 1.17. The number of aryl methyl sites for hydroxylation is 1. The fourth-order valence-corrected chi connectivity index (χ4v) is 3.35. The number of thiazole rings is 2. The number of anilines is 1. The fraction of sp³-hybridized carbons (Fsp3) is 0.143. The Kier molecular flexibility index (Phi) is 4.00. The Morgan fingerprint density at radius 3 is 2.65 bits per heavy atom. The second-order valence-corrected chi connectivity index (χ2v) is 7.02. The maximum Gasteiger partial charge on any atom is 0.183 e. The number of rotatable bonds is 4. The average molecular weight is 322 g/mol. The first-order chi connectivity index (χ1) is 9.70. The summed E-state index contributed by atoms with van der Waals surface area (Å²) in [6.45, 7) is 2.75. The summed E-state index contributed by atoms with van der Waals surface area (Å²) < 4.78 is 0.580. The predicted octanol–water partition coefficient (Wildman–Crippen LogP) is 4.84. The van der Waals surface area contributed by atoms with Gasteiger partial charge in [0.1, 0.15) is 0 Å². The first-order valence-corrected chi connectivity index (χ1v) is 8.15. The number of halogens is 1. The molecule has 0 aliphatic carbocycles. The Morgan fingerprint density at radius 1 is 1.25 bits per heavy atom. The monoisotopic (exact) mass is 321 g/mol. The van der Waals surface area contributed by atoms with Crippen LogP contribution in [0.2, 0.25) is 4.47 Å². The van der Waals surface area contributed by atoms with Crippen LogP contribution in [-0.2, 0) is 6.54 Å². The maximum absolute atomic E-state index is 5.81. The van der Waals surface area contributed by atoms with Crippen molar-refractivity contribution in [1.82, 2.24) is 9.97 Å². The summed E-state index contributed by atoms with van der Waals surface area (Å²) >= 11 is 8.97. The highest BCUT2D eigenvalue weighted by Crippen LogP contribution is 2.24. The molecule has 0 radical (unpaired) electrons. The molecule has 0 saturated heterocycles. The smallest absolute Gasteiger partial charge is 0.183 e. The molecule has 0 bridgehead atoms. The van der Waals surface area contributed by atoms with Gasteiger partial charge in [0, 0.05) is 27.7 Å². The lowest BCUT2D eigenvalue weighted by Crippen LogP contribution is -1.96. The van der Waals surface area contributed by atoms with Gasteiger partial charge in [-0.1, -0.05) is 23.7 Å². The highest BCUT2D eigenvalue weighted by atomic mass is 35.5. The summed E-state index contributed by atoms with van der Waals surface area (Å²) in [6, 6.07) is 8.28. The van der Waals surface area contributed by atoms with E-state index in [1.54, 1.807) is 17.5 Å². The van der Waals surface area contributed by atoms with Crippen LogP contribution < -0.4 is 5.32 Å². The van der Waals surface area contributed by atoms with Crippen molar-refractivity contribution in [2.45, 2.75) is 13.5 Å². The third-order valence-corrected chi connectivity index (χ3v) is 4.68. The van der Waals surface area contributed by atoms with E-state index in [-0.39, 0.29) is 0 Å².